The number of aromatic nitrogens is 3. The van der Waals surface area contributed by atoms with E-state index in [1.54, 1.807) is 12.4 Å². The molecule has 2 heterocycles. The maximum atomic E-state index is 12.1. The molecule has 24 heavy (non-hydrogen) atoms. The quantitative estimate of drug-likeness (QED) is 0.750. The van der Waals surface area contributed by atoms with Crippen LogP contribution in [0.5, 0.6) is 0 Å². The maximum absolute atomic E-state index is 12.1. The number of hydrogen-bond acceptors (Lipinski definition) is 5. The summed E-state index contributed by atoms with van der Waals surface area (Å²) in [4.78, 5) is 16.1. The third kappa shape index (κ3) is 3.41. The Hall–Kier alpha value is -2.80. The van der Waals surface area contributed by atoms with Crippen LogP contribution in [-0.2, 0) is 0 Å². The Bertz CT molecular complexity index is 860. The fraction of sp³-hybridized carbons (Fsp3) is 0.176. The lowest BCUT2D eigenvalue weighted by Crippen LogP contribution is -2.19. The van der Waals surface area contributed by atoms with Crippen molar-refractivity contribution in [3.8, 4) is 10.6 Å². The summed E-state index contributed by atoms with van der Waals surface area (Å²) in [6, 6.07) is 11.4. The van der Waals surface area contributed by atoms with Gasteiger partial charge in [-0.2, -0.15) is 0 Å². The molecule has 3 aromatic rings. The molecule has 1 fully saturated rings. The summed E-state index contributed by atoms with van der Waals surface area (Å²) in [5, 5.41) is 14.9. The van der Waals surface area contributed by atoms with Crippen LogP contribution in [-0.4, -0.2) is 21.2 Å². The highest BCUT2D eigenvalue weighted by atomic mass is 32.1. The topological polar surface area (TPSA) is 79.8 Å². The first kappa shape index (κ1) is 14.8. The molecule has 0 aliphatic heterocycles. The lowest BCUT2D eigenvalue weighted by molar-refractivity contribution is 0.262. The number of nitrogens with one attached hydrogen (secondary N) is 2. The zero-order valence-electron chi connectivity index (χ0n) is 12.8. The summed E-state index contributed by atoms with van der Waals surface area (Å²) in [5.41, 5.74) is 2.99. The molecule has 2 amide bonds. The molecule has 0 spiro atoms. The zero-order chi connectivity index (χ0) is 16.4. The van der Waals surface area contributed by atoms with Gasteiger partial charge in [0, 0.05) is 23.6 Å². The molecule has 0 radical (unpaired) electrons. The van der Waals surface area contributed by atoms with Crippen LogP contribution in [0.2, 0.25) is 0 Å². The normalized spacial score (nSPS) is 13.5. The highest BCUT2D eigenvalue weighted by molar-refractivity contribution is 7.18. The number of urea groups is 1. The summed E-state index contributed by atoms with van der Waals surface area (Å²) in [5.74, 6) is 0.654. The minimum absolute atomic E-state index is 0.319. The van der Waals surface area contributed by atoms with E-state index < -0.39 is 0 Å². The Kier molecular flexibility index (Phi) is 3.92. The second kappa shape index (κ2) is 6.37. The SMILES string of the molecule is O=C(Nc1cccc(C2CC2)c1)Nc1nnc(-c2ccncc2)s1. The summed E-state index contributed by atoms with van der Waals surface area (Å²) in [6.07, 6.45) is 5.86. The molecule has 1 aliphatic rings. The van der Waals surface area contributed by atoms with Gasteiger partial charge in [0.15, 0.2) is 0 Å². The summed E-state index contributed by atoms with van der Waals surface area (Å²) in [7, 11) is 0. The first-order chi connectivity index (χ1) is 11.8. The fourth-order valence-electron chi connectivity index (χ4n) is 2.43. The van der Waals surface area contributed by atoms with Crippen molar-refractivity contribution < 1.29 is 4.79 Å². The van der Waals surface area contributed by atoms with Crippen molar-refractivity contribution in [1.29, 1.82) is 0 Å². The van der Waals surface area contributed by atoms with Gasteiger partial charge in [0.05, 0.1) is 0 Å². The number of rotatable bonds is 4. The van der Waals surface area contributed by atoms with Crippen LogP contribution in [0.1, 0.15) is 24.3 Å². The van der Waals surface area contributed by atoms with Crippen LogP contribution < -0.4 is 10.6 Å². The Morgan fingerprint density at radius 3 is 2.71 bits per heavy atom. The molecular formula is C17H15N5OS. The number of pyridine rings is 1. The van der Waals surface area contributed by atoms with Gasteiger partial charge in [-0.3, -0.25) is 10.3 Å². The van der Waals surface area contributed by atoms with Gasteiger partial charge in [0.1, 0.15) is 5.01 Å². The van der Waals surface area contributed by atoms with Gasteiger partial charge >= 0.3 is 6.03 Å². The lowest BCUT2D eigenvalue weighted by Gasteiger charge is -2.06. The molecule has 2 N–H and O–H groups in total. The van der Waals surface area contributed by atoms with E-state index in [2.05, 4.69) is 31.9 Å². The van der Waals surface area contributed by atoms with Crippen LogP contribution in [0, 0.1) is 0 Å². The molecule has 1 saturated carbocycles. The van der Waals surface area contributed by atoms with Gasteiger partial charge in [-0.15, -0.1) is 10.2 Å². The molecule has 1 aromatic carbocycles. The minimum atomic E-state index is -0.319. The number of carbonyl (C=O) groups is 1. The fourth-order valence-corrected chi connectivity index (χ4v) is 3.18. The van der Waals surface area contributed by atoms with E-state index in [4.69, 9.17) is 0 Å². The standard InChI is InChI=1S/C17H15N5OS/c23-16(19-14-3-1-2-13(10-14)11-4-5-11)20-17-22-21-15(24-17)12-6-8-18-9-7-12/h1-3,6-11H,4-5H2,(H2,19,20,22,23). The van der Waals surface area contributed by atoms with Crippen molar-refractivity contribution >= 4 is 28.2 Å². The molecule has 1 aliphatic carbocycles. The van der Waals surface area contributed by atoms with E-state index in [0.29, 0.717) is 11.0 Å². The van der Waals surface area contributed by atoms with Crippen LogP contribution >= 0.6 is 11.3 Å². The molecular weight excluding hydrogens is 322 g/mol. The average molecular weight is 337 g/mol. The molecule has 7 heteroatoms. The molecule has 6 nitrogen and oxygen atoms in total. The molecule has 0 atom stereocenters. The van der Waals surface area contributed by atoms with Crippen LogP contribution in [0.25, 0.3) is 10.6 Å². The third-order valence-corrected chi connectivity index (χ3v) is 4.65. The predicted molar refractivity (Wildman–Crippen MR) is 94.2 cm³/mol. The van der Waals surface area contributed by atoms with E-state index in [1.165, 1.54) is 29.7 Å². The number of nitrogens with zero attached hydrogens (tertiary/aromatic N) is 3. The van der Waals surface area contributed by atoms with Gasteiger partial charge in [0.2, 0.25) is 5.13 Å². The molecule has 4 rings (SSSR count). The first-order valence-corrected chi connectivity index (χ1v) is 8.51. The van der Waals surface area contributed by atoms with E-state index >= 15 is 0 Å². The number of hydrogen-bond donors (Lipinski definition) is 2. The predicted octanol–water partition coefficient (Wildman–Crippen LogP) is 4.12. The van der Waals surface area contributed by atoms with Crippen molar-refractivity contribution in [2.45, 2.75) is 18.8 Å². The smallest absolute Gasteiger partial charge is 0.308 e. The monoisotopic (exact) mass is 337 g/mol. The third-order valence-electron chi connectivity index (χ3n) is 3.77. The van der Waals surface area contributed by atoms with Gasteiger partial charge in [-0.25, -0.2) is 4.79 Å². The summed E-state index contributed by atoms with van der Waals surface area (Å²) >= 11 is 1.32. The number of anilines is 2. The Balaban J connectivity index is 1.41. The molecule has 2 aromatic heterocycles. The van der Waals surface area contributed by atoms with Crippen LogP contribution in [0.4, 0.5) is 15.6 Å². The summed E-state index contributed by atoms with van der Waals surface area (Å²) in [6.45, 7) is 0. The Morgan fingerprint density at radius 2 is 1.92 bits per heavy atom. The van der Waals surface area contributed by atoms with Crippen LogP contribution in [0.15, 0.2) is 48.8 Å². The van der Waals surface area contributed by atoms with E-state index in [0.717, 1.165) is 16.3 Å². The molecule has 0 bridgehead atoms. The first-order valence-electron chi connectivity index (χ1n) is 7.70. The highest BCUT2D eigenvalue weighted by Gasteiger charge is 2.23. The summed E-state index contributed by atoms with van der Waals surface area (Å²) < 4.78 is 0. The van der Waals surface area contributed by atoms with Gasteiger partial charge in [-0.1, -0.05) is 23.5 Å². The zero-order valence-corrected chi connectivity index (χ0v) is 13.6. The van der Waals surface area contributed by atoms with E-state index in [1.807, 2.05) is 30.3 Å². The Morgan fingerprint density at radius 1 is 1.08 bits per heavy atom. The maximum Gasteiger partial charge on any atom is 0.325 e. The molecule has 0 saturated heterocycles. The van der Waals surface area contributed by atoms with Crippen molar-refractivity contribution in [2.75, 3.05) is 10.6 Å². The molecule has 0 unspecified atom stereocenters. The van der Waals surface area contributed by atoms with Crippen LogP contribution in [0.3, 0.4) is 0 Å². The minimum Gasteiger partial charge on any atom is -0.308 e. The average Bonchev–Trinajstić information content (AvgIpc) is 3.36. The second-order valence-electron chi connectivity index (χ2n) is 5.63. The second-order valence-corrected chi connectivity index (χ2v) is 6.60. The number of benzene rings is 1. The largest absolute Gasteiger partial charge is 0.325 e. The lowest BCUT2D eigenvalue weighted by atomic mass is 10.1. The van der Waals surface area contributed by atoms with E-state index in [9.17, 15) is 4.79 Å². The van der Waals surface area contributed by atoms with Crippen molar-refractivity contribution in [2.24, 2.45) is 0 Å². The van der Waals surface area contributed by atoms with Gasteiger partial charge in [0.25, 0.3) is 0 Å². The van der Waals surface area contributed by atoms with Crippen molar-refractivity contribution in [3.05, 3.63) is 54.4 Å². The Labute approximate surface area is 143 Å². The molecule has 120 valence electrons. The van der Waals surface area contributed by atoms with E-state index in [-0.39, 0.29) is 6.03 Å². The van der Waals surface area contributed by atoms with Gasteiger partial charge in [-0.05, 0) is 48.6 Å². The number of carbonyl (C=O) groups excluding carboxylic acids is 1. The highest BCUT2D eigenvalue weighted by Crippen LogP contribution is 2.40. The number of amides is 2. The van der Waals surface area contributed by atoms with Gasteiger partial charge < -0.3 is 5.32 Å². The van der Waals surface area contributed by atoms with Crippen molar-refractivity contribution in [1.82, 2.24) is 15.2 Å². The van der Waals surface area contributed by atoms with Crippen molar-refractivity contribution in [3.63, 3.8) is 0 Å².